The zero-order valence-corrected chi connectivity index (χ0v) is 13.1. The molecule has 20 heavy (non-hydrogen) atoms. The van der Waals surface area contributed by atoms with Gasteiger partial charge in [0.15, 0.2) is 0 Å². The minimum absolute atomic E-state index is 0.0645. The van der Waals surface area contributed by atoms with Gasteiger partial charge in [-0.15, -0.1) is 0 Å². The van der Waals surface area contributed by atoms with Crippen LogP contribution in [0, 0.1) is 0 Å². The van der Waals surface area contributed by atoms with Crippen molar-refractivity contribution in [3.8, 4) is 11.6 Å². The average Bonchev–Trinajstić information content (AvgIpc) is 2.25. The molecule has 0 aliphatic rings. The normalized spacial score (nSPS) is 11.2. The van der Waals surface area contributed by atoms with E-state index in [-0.39, 0.29) is 5.54 Å². The Morgan fingerprint density at radius 2 is 1.70 bits per heavy atom. The topological polar surface area (TPSA) is 34.1 Å². The summed E-state index contributed by atoms with van der Waals surface area (Å²) in [6, 6.07) is 10.6. The van der Waals surface area contributed by atoms with E-state index >= 15 is 0 Å². The van der Waals surface area contributed by atoms with Crippen molar-refractivity contribution in [3.63, 3.8) is 0 Å². The van der Waals surface area contributed by atoms with E-state index in [0.717, 1.165) is 5.82 Å². The third kappa shape index (κ3) is 4.58. The van der Waals surface area contributed by atoms with Crippen molar-refractivity contribution in [3.05, 3.63) is 46.4 Å². The van der Waals surface area contributed by atoms with E-state index in [0.29, 0.717) is 21.7 Å². The predicted molar refractivity (Wildman–Crippen MR) is 84.1 cm³/mol. The highest BCUT2D eigenvalue weighted by atomic mass is 35.5. The summed E-state index contributed by atoms with van der Waals surface area (Å²) >= 11 is 11.9. The van der Waals surface area contributed by atoms with E-state index < -0.39 is 0 Å². The molecule has 0 atom stereocenters. The molecule has 0 saturated heterocycles. The highest BCUT2D eigenvalue weighted by Gasteiger charge is 2.10. The second kappa shape index (κ2) is 5.90. The Labute approximate surface area is 128 Å². The zero-order chi connectivity index (χ0) is 14.8. The van der Waals surface area contributed by atoms with Crippen LogP contribution in [0.1, 0.15) is 20.8 Å². The van der Waals surface area contributed by atoms with Crippen LogP contribution in [0.15, 0.2) is 36.4 Å². The van der Waals surface area contributed by atoms with Crippen LogP contribution in [0.5, 0.6) is 11.6 Å². The molecule has 0 fully saturated rings. The van der Waals surface area contributed by atoms with Gasteiger partial charge in [-0.2, -0.15) is 4.98 Å². The van der Waals surface area contributed by atoms with Crippen molar-refractivity contribution in [1.29, 1.82) is 0 Å². The van der Waals surface area contributed by atoms with Crippen molar-refractivity contribution < 1.29 is 4.74 Å². The molecule has 0 aliphatic heterocycles. The number of aromatic nitrogens is 1. The fraction of sp³-hybridized carbons (Fsp3) is 0.267. The summed E-state index contributed by atoms with van der Waals surface area (Å²) in [4.78, 5) is 4.39. The second-order valence-corrected chi connectivity index (χ2v) is 6.32. The minimum atomic E-state index is -0.0645. The summed E-state index contributed by atoms with van der Waals surface area (Å²) in [5.41, 5.74) is -0.0645. The van der Waals surface area contributed by atoms with Crippen LogP contribution in [0.2, 0.25) is 10.0 Å². The lowest BCUT2D eigenvalue weighted by Crippen LogP contribution is -2.26. The SMILES string of the molecule is CC(C)(C)Nc1cccc(Oc2cc(Cl)cc(Cl)c2)n1. The van der Waals surface area contributed by atoms with Crippen LogP contribution >= 0.6 is 23.2 Å². The first-order valence-corrected chi connectivity index (χ1v) is 6.97. The molecule has 0 radical (unpaired) electrons. The van der Waals surface area contributed by atoms with Crippen LogP contribution in [0.3, 0.4) is 0 Å². The number of benzene rings is 1. The van der Waals surface area contributed by atoms with E-state index in [1.54, 1.807) is 24.3 Å². The highest BCUT2D eigenvalue weighted by Crippen LogP contribution is 2.28. The molecular formula is C15H16Cl2N2O. The zero-order valence-electron chi connectivity index (χ0n) is 11.6. The Balaban J connectivity index is 2.19. The van der Waals surface area contributed by atoms with Gasteiger partial charge in [0.1, 0.15) is 11.6 Å². The number of nitrogens with one attached hydrogen (secondary N) is 1. The van der Waals surface area contributed by atoms with Gasteiger partial charge in [-0.3, -0.25) is 0 Å². The van der Waals surface area contributed by atoms with Crippen LogP contribution in [0.25, 0.3) is 0 Å². The van der Waals surface area contributed by atoms with Crippen molar-refractivity contribution in [2.24, 2.45) is 0 Å². The van der Waals surface area contributed by atoms with Crippen LogP contribution in [0.4, 0.5) is 5.82 Å². The smallest absolute Gasteiger partial charge is 0.221 e. The van der Waals surface area contributed by atoms with E-state index in [9.17, 15) is 0 Å². The number of nitrogens with zero attached hydrogens (tertiary/aromatic N) is 1. The van der Waals surface area contributed by atoms with Gasteiger partial charge in [0.25, 0.3) is 0 Å². The Morgan fingerprint density at radius 1 is 1.05 bits per heavy atom. The third-order valence-corrected chi connectivity index (χ3v) is 2.72. The van der Waals surface area contributed by atoms with Gasteiger partial charge in [0.2, 0.25) is 5.88 Å². The molecule has 0 bridgehead atoms. The molecule has 2 rings (SSSR count). The molecule has 106 valence electrons. The van der Waals surface area contributed by atoms with Gasteiger partial charge in [0.05, 0.1) is 0 Å². The summed E-state index contributed by atoms with van der Waals surface area (Å²) < 4.78 is 5.68. The van der Waals surface area contributed by atoms with Gasteiger partial charge in [-0.05, 0) is 45.0 Å². The highest BCUT2D eigenvalue weighted by molar-refractivity contribution is 6.34. The lowest BCUT2D eigenvalue weighted by atomic mass is 10.1. The van der Waals surface area contributed by atoms with E-state index in [1.807, 2.05) is 12.1 Å². The monoisotopic (exact) mass is 310 g/mol. The van der Waals surface area contributed by atoms with Crippen molar-refractivity contribution in [2.75, 3.05) is 5.32 Å². The summed E-state index contributed by atoms with van der Waals surface area (Å²) in [6.07, 6.45) is 0. The Kier molecular flexibility index (Phi) is 4.41. The average molecular weight is 311 g/mol. The molecule has 0 unspecified atom stereocenters. The number of anilines is 1. The fourth-order valence-corrected chi connectivity index (χ4v) is 2.14. The molecular weight excluding hydrogens is 295 g/mol. The quantitative estimate of drug-likeness (QED) is 0.825. The molecule has 0 amide bonds. The molecule has 1 aromatic carbocycles. The lowest BCUT2D eigenvalue weighted by molar-refractivity contribution is 0.463. The second-order valence-electron chi connectivity index (χ2n) is 5.44. The van der Waals surface area contributed by atoms with Crippen LogP contribution < -0.4 is 10.1 Å². The summed E-state index contributed by atoms with van der Waals surface area (Å²) in [6.45, 7) is 6.21. The first-order chi connectivity index (χ1) is 9.32. The molecule has 3 nitrogen and oxygen atoms in total. The molecule has 1 heterocycles. The van der Waals surface area contributed by atoms with Gasteiger partial charge >= 0.3 is 0 Å². The number of rotatable bonds is 3. The fourth-order valence-electron chi connectivity index (χ4n) is 1.63. The molecule has 5 heteroatoms. The van der Waals surface area contributed by atoms with Gasteiger partial charge in [-0.25, -0.2) is 0 Å². The number of hydrogen-bond acceptors (Lipinski definition) is 3. The standard InChI is InChI=1S/C15H16Cl2N2O/c1-15(2,3)19-13-5-4-6-14(18-13)20-12-8-10(16)7-11(17)9-12/h4-9H,1-3H3,(H,18,19). The molecule has 0 spiro atoms. The number of halogens is 2. The van der Waals surface area contributed by atoms with Crippen LogP contribution in [-0.4, -0.2) is 10.5 Å². The number of ether oxygens (including phenoxy) is 1. The van der Waals surface area contributed by atoms with Gasteiger partial charge in [0, 0.05) is 21.7 Å². The largest absolute Gasteiger partial charge is 0.439 e. The van der Waals surface area contributed by atoms with Gasteiger partial charge in [-0.1, -0.05) is 29.3 Å². The van der Waals surface area contributed by atoms with Gasteiger partial charge < -0.3 is 10.1 Å². The lowest BCUT2D eigenvalue weighted by Gasteiger charge is -2.21. The molecule has 0 saturated carbocycles. The van der Waals surface area contributed by atoms with Crippen LogP contribution in [-0.2, 0) is 0 Å². The van der Waals surface area contributed by atoms with Crippen molar-refractivity contribution in [1.82, 2.24) is 4.98 Å². The Hall–Kier alpha value is -1.45. The molecule has 1 aromatic heterocycles. The van der Waals surface area contributed by atoms with Crippen molar-refractivity contribution >= 4 is 29.0 Å². The third-order valence-electron chi connectivity index (χ3n) is 2.29. The van der Waals surface area contributed by atoms with Crippen molar-refractivity contribution in [2.45, 2.75) is 26.3 Å². The molecule has 0 aliphatic carbocycles. The summed E-state index contributed by atoms with van der Waals surface area (Å²) in [7, 11) is 0. The Bertz CT molecular complexity index is 589. The molecule has 1 N–H and O–H groups in total. The first kappa shape index (κ1) is 14.9. The van der Waals surface area contributed by atoms with E-state index in [2.05, 4.69) is 31.1 Å². The molecule has 2 aromatic rings. The minimum Gasteiger partial charge on any atom is -0.439 e. The maximum absolute atomic E-state index is 5.94. The Morgan fingerprint density at radius 3 is 2.30 bits per heavy atom. The summed E-state index contributed by atoms with van der Waals surface area (Å²) in [5.74, 6) is 1.80. The maximum Gasteiger partial charge on any atom is 0.221 e. The summed E-state index contributed by atoms with van der Waals surface area (Å²) in [5, 5.41) is 4.34. The first-order valence-electron chi connectivity index (χ1n) is 6.21. The predicted octanol–water partition coefficient (Wildman–Crippen LogP) is 5.39. The van der Waals surface area contributed by atoms with E-state index in [1.165, 1.54) is 0 Å². The maximum atomic E-state index is 5.94. The number of hydrogen-bond donors (Lipinski definition) is 1. The van der Waals surface area contributed by atoms with E-state index in [4.69, 9.17) is 27.9 Å². The number of pyridine rings is 1.